The van der Waals surface area contributed by atoms with Gasteiger partial charge >= 0.3 is 17.8 Å². The number of halogens is 4. The average Bonchev–Trinajstić information content (AvgIpc) is 2.62. The number of rotatable bonds is 6. The molecule has 9 heteroatoms. The largest absolute Gasteiger partial charge is 0.463 e. The lowest BCUT2D eigenvalue weighted by molar-refractivity contribution is -0.204. The predicted molar refractivity (Wildman–Crippen MR) is 94.1 cm³/mol. The first-order valence-corrected chi connectivity index (χ1v) is 8.27. The molecule has 2 rings (SSSR count). The molecule has 0 bridgehead atoms. The minimum atomic E-state index is -5.30. The quantitative estimate of drug-likeness (QED) is 0.441. The van der Waals surface area contributed by atoms with Gasteiger partial charge in [0.2, 0.25) is 0 Å². The van der Waals surface area contributed by atoms with E-state index in [9.17, 15) is 27.2 Å². The molecule has 1 atom stereocenters. The fraction of sp³-hybridized carbons (Fsp3) is 0.263. The SMILES string of the molecule is CCOC(=O)[C@@](NC(=O)c1ccccc1F)(Nc1ccccc1C)C(F)(F)F. The number of ether oxygens (including phenoxy) is 1. The van der Waals surface area contributed by atoms with E-state index in [2.05, 4.69) is 10.1 Å². The Hall–Kier alpha value is -3.10. The Bertz CT molecular complexity index is 870. The summed E-state index contributed by atoms with van der Waals surface area (Å²) in [7, 11) is 0. The molecule has 0 unspecified atom stereocenters. The van der Waals surface area contributed by atoms with E-state index < -0.39 is 35.1 Å². The lowest BCUT2D eigenvalue weighted by atomic mass is 10.1. The Labute approximate surface area is 158 Å². The Balaban J connectivity index is 2.56. The average molecular weight is 398 g/mol. The summed E-state index contributed by atoms with van der Waals surface area (Å²) in [5, 5.41) is 3.65. The highest BCUT2D eigenvalue weighted by atomic mass is 19.4. The highest BCUT2D eigenvalue weighted by Crippen LogP contribution is 2.34. The molecule has 2 aromatic rings. The summed E-state index contributed by atoms with van der Waals surface area (Å²) in [4.78, 5) is 24.8. The van der Waals surface area contributed by atoms with Crippen LogP contribution in [-0.4, -0.2) is 30.3 Å². The number of aryl methyl sites for hydroxylation is 1. The number of hydrogen-bond acceptors (Lipinski definition) is 4. The van der Waals surface area contributed by atoms with Gasteiger partial charge in [-0.1, -0.05) is 30.3 Å². The molecule has 0 spiro atoms. The first-order chi connectivity index (χ1) is 13.1. The van der Waals surface area contributed by atoms with Gasteiger partial charge in [-0.2, -0.15) is 13.2 Å². The third kappa shape index (κ3) is 4.24. The number of carbonyl (C=O) groups excluding carboxylic acids is 2. The van der Waals surface area contributed by atoms with Gasteiger partial charge in [0.1, 0.15) is 5.82 Å². The zero-order valence-corrected chi connectivity index (χ0v) is 15.1. The summed E-state index contributed by atoms with van der Waals surface area (Å²) in [6.07, 6.45) is -5.30. The van der Waals surface area contributed by atoms with Gasteiger partial charge in [0.05, 0.1) is 12.2 Å². The zero-order valence-electron chi connectivity index (χ0n) is 15.1. The predicted octanol–water partition coefficient (Wildman–Crippen LogP) is 3.80. The fourth-order valence-electron chi connectivity index (χ4n) is 2.43. The summed E-state index contributed by atoms with van der Waals surface area (Å²) in [5.74, 6) is -4.23. The van der Waals surface area contributed by atoms with Crippen molar-refractivity contribution in [1.29, 1.82) is 0 Å². The molecule has 0 aromatic heterocycles. The molecule has 0 saturated heterocycles. The van der Waals surface area contributed by atoms with Crippen molar-refractivity contribution in [2.24, 2.45) is 0 Å². The molecule has 0 radical (unpaired) electrons. The number of carbonyl (C=O) groups is 2. The smallest absolute Gasteiger partial charge is 0.441 e. The summed E-state index contributed by atoms with van der Waals surface area (Å²) < 4.78 is 60.7. The molecule has 1 amide bonds. The molecule has 0 aliphatic carbocycles. The van der Waals surface area contributed by atoms with Gasteiger partial charge in [0, 0.05) is 5.69 Å². The number of benzene rings is 2. The number of hydrogen-bond donors (Lipinski definition) is 2. The van der Waals surface area contributed by atoms with E-state index in [-0.39, 0.29) is 12.3 Å². The van der Waals surface area contributed by atoms with Crippen molar-refractivity contribution in [3.8, 4) is 0 Å². The molecular weight excluding hydrogens is 380 g/mol. The Morgan fingerprint density at radius 2 is 1.64 bits per heavy atom. The van der Waals surface area contributed by atoms with Crippen molar-refractivity contribution < 1.29 is 31.9 Å². The van der Waals surface area contributed by atoms with Gasteiger partial charge < -0.3 is 15.4 Å². The van der Waals surface area contributed by atoms with Crippen molar-refractivity contribution >= 4 is 17.6 Å². The number of amides is 1. The van der Waals surface area contributed by atoms with Crippen LogP contribution in [0.3, 0.4) is 0 Å². The van der Waals surface area contributed by atoms with Crippen molar-refractivity contribution in [3.63, 3.8) is 0 Å². The number of nitrogens with one attached hydrogen (secondary N) is 2. The van der Waals surface area contributed by atoms with Gasteiger partial charge in [-0.15, -0.1) is 0 Å². The van der Waals surface area contributed by atoms with Crippen LogP contribution >= 0.6 is 0 Å². The molecule has 28 heavy (non-hydrogen) atoms. The molecule has 0 heterocycles. The molecule has 0 aliphatic heterocycles. The molecule has 5 nitrogen and oxygen atoms in total. The minimum Gasteiger partial charge on any atom is -0.463 e. The van der Waals surface area contributed by atoms with Crippen molar-refractivity contribution in [2.45, 2.75) is 25.7 Å². The fourth-order valence-corrected chi connectivity index (χ4v) is 2.43. The molecule has 2 N–H and O–H groups in total. The minimum absolute atomic E-state index is 0.0540. The molecule has 0 aliphatic rings. The number of anilines is 1. The maximum absolute atomic E-state index is 14.1. The van der Waals surface area contributed by atoms with E-state index in [0.717, 1.165) is 12.1 Å². The van der Waals surface area contributed by atoms with Crippen LogP contribution in [0.1, 0.15) is 22.8 Å². The van der Waals surface area contributed by atoms with Gasteiger partial charge in [-0.25, -0.2) is 9.18 Å². The van der Waals surface area contributed by atoms with E-state index in [1.165, 1.54) is 44.2 Å². The van der Waals surface area contributed by atoms with Gasteiger partial charge in [-0.05, 0) is 37.6 Å². The summed E-state index contributed by atoms with van der Waals surface area (Å²) in [5.41, 5.74) is -3.93. The second kappa shape index (κ2) is 8.28. The van der Waals surface area contributed by atoms with E-state index in [0.29, 0.717) is 5.56 Å². The molecule has 2 aromatic carbocycles. The monoisotopic (exact) mass is 398 g/mol. The van der Waals surface area contributed by atoms with E-state index >= 15 is 0 Å². The third-order valence-electron chi connectivity index (χ3n) is 3.89. The maximum Gasteiger partial charge on any atom is 0.441 e. The molecule has 0 saturated carbocycles. The van der Waals surface area contributed by atoms with Crippen LogP contribution in [0.4, 0.5) is 23.2 Å². The second-order valence-electron chi connectivity index (χ2n) is 5.84. The van der Waals surface area contributed by atoms with Crippen LogP contribution in [0, 0.1) is 12.7 Å². The van der Waals surface area contributed by atoms with E-state index in [1.807, 2.05) is 0 Å². The number of esters is 1. The van der Waals surface area contributed by atoms with Crippen molar-refractivity contribution in [3.05, 3.63) is 65.5 Å². The highest BCUT2D eigenvalue weighted by Gasteiger charge is 2.63. The van der Waals surface area contributed by atoms with Crippen molar-refractivity contribution in [1.82, 2.24) is 5.32 Å². The van der Waals surface area contributed by atoms with Gasteiger partial charge in [0.15, 0.2) is 0 Å². The normalized spacial score (nSPS) is 13.4. The highest BCUT2D eigenvalue weighted by molar-refractivity contribution is 5.99. The summed E-state index contributed by atoms with van der Waals surface area (Å²) >= 11 is 0. The summed E-state index contributed by atoms with van der Waals surface area (Å²) in [6, 6.07) is 10.4. The van der Waals surface area contributed by atoms with E-state index in [1.54, 1.807) is 11.4 Å². The van der Waals surface area contributed by atoms with Crippen LogP contribution in [0.25, 0.3) is 0 Å². The lowest BCUT2D eigenvalue weighted by Gasteiger charge is -2.35. The zero-order chi connectivity index (χ0) is 20.9. The Morgan fingerprint density at radius 3 is 2.21 bits per heavy atom. The molecular formula is C19H18F4N2O3. The molecule has 150 valence electrons. The van der Waals surface area contributed by atoms with Gasteiger partial charge in [0.25, 0.3) is 5.91 Å². The van der Waals surface area contributed by atoms with Crippen LogP contribution in [-0.2, 0) is 9.53 Å². The lowest BCUT2D eigenvalue weighted by Crippen LogP contribution is -2.69. The number of para-hydroxylation sites is 1. The summed E-state index contributed by atoms with van der Waals surface area (Å²) in [6.45, 7) is 2.49. The van der Waals surface area contributed by atoms with Gasteiger partial charge in [-0.3, -0.25) is 4.79 Å². The maximum atomic E-state index is 14.1. The first-order valence-electron chi connectivity index (χ1n) is 8.27. The standard InChI is InChI=1S/C19H18F4N2O3/c1-3-28-17(27)18(19(21,22)23,24-15-11-7-4-8-12(15)2)25-16(26)13-9-5-6-10-14(13)20/h4-11,24H,3H2,1-2H3,(H,25,26)/t18-/m0/s1. The second-order valence-corrected chi connectivity index (χ2v) is 5.84. The van der Waals surface area contributed by atoms with Crippen LogP contribution < -0.4 is 10.6 Å². The third-order valence-corrected chi connectivity index (χ3v) is 3.89. The van der Waals surface area contributed by atoms with Crippen molar-refractivity contribution in [2.75, 3.05) is 11.9 Å². The van der Waals surface area contributed by atoms with Crippen LogP contribution in [0.2, 0.25) is 0 Å². The Morgan fingerprint density at radius 1 is 1.04 bits per heavy atom. The first kappa shape index (κ1) is 21.2. The van der Waals surface area contributed by atoms with Crippen LogP contribution in [0.15, 0.2) is 48.5 Å². The Kier molecular flexibility index (Phi) is 6.27. The number of alkyl halides is 3. The van der Waals surface area contributed by atoms with E-state index in [4.69, 9.17) is 0 Å². The molecule has 0 fully saturated rings. The topological polar surface area (TPSA) is 67.4 Å². The van der Waals surface area contributed by atoms with Crippen LogP contribution in [0.5, 0.6) is 0 Å².